The summed E-state index contributed by atoms with van der Waals surface area (Å²) in [5.41, 5.74) is 0.778. The summed E-state index contributed by atoms with van der Waals surface area (Å²) in [4.78, 5) is 0. The van der Waals surface area contributed by atoms with Crippen molar-refractivity contribution in [2.24, 2.45) is 52.3 Å². The summed E-state index contributed by atoms with van der Waals surface area (Å²) in [6.07, 6.45) is 12.0. The molecule has 0 radical (unpaired) electrons. The van der Waals surface area contributed by atoms with E-state index in [2.05, 4.69) is 59.1 Å². The molecule has 0 spiro atoms. The molecule has 0 aromatic heterocycles. The molecule has 0 aromatic rings. The Morgan fingerprint density at radius 1 is 0.833 bits per heavy atom. The summed E-state index contributed by atoms with van der Waals surface area (Å²) in [7, 11) is 0. The van der Waals surface area contributed by atoms with Crippen LogP contribution in [0.5, 0.6) is 0 Å². The lowest BCUT2D eigenvalue weighted by atomic mass is 9.43. The van der Waals surface area contributed by atoms with Crippen molar-refractivity contribution in [3.63, 3.8) is 0 Å². The maximum atomic E-state index is 11.7. The van der Waals surface area contributed by atoms with Crippen LogP contribution in [-0.2, 0) is 0 Å². The van der Waals surface area contributed by atoms with E-state index in [-0.39, 0.29) is 12.2 Å². The first-order valence-corrected chi connectivity index (χ1v) is 15.8. The van der Waals surface area contributed by atoms with Crippen LogP contribution >= 0.6 is 0 Å². The van der Waals surface area contributed by atoms with E-state index in [1.165, 1.54) is 44.9 Å². The molecule has 210 valence electrons. The van der Waals surface area contributed by atoms with Crippen molar-refractivity contribution in [2.75, 3.05) is 13.1 Å². The molecule has 4 fully saturated rings. The van der Waals surface area contributed by atoms with Gasteiger partial charge in [-0.15, -0.1) is 0 Å². The van der Waals surface area contributed by atoms with Crippen LogP contribution in [0.2, 0.25) is 0 Å². The van der Waals surface area contributed by atoms with Crippen LogP contribution in [-0.4, -0.2) is 47.6 Å². The van der Waals surface area contributed by atoms with E-state index >= 15 is 0 Å². The Balaban J connectivity index is 1.39. The number of nitrogens with one attached hydrogen (secondary N) is 2. The Hall–Kier alpha value is -0.160. The minimum absolute atomic E-state index is 0.115. The van der Waals surface area contributed by atoms with Gasteiger partial charge >= 0.3 is 0 Å². The second kappa shape index (κ2) is 11.5. The molecule has 6 unspecified atom stereocenters. The Kier molecular flexibility index (Phi) is 9.23. The molecule has 4 rings (SSSR count). The van der Waals surface area contributed by atoms with E-state index in [1.807, 2.05) is 0 Å². The largest absolute Gasteiger partial charge is 0.393 e. The van der Waals surface area contributed by atoms with Crippen molar-refractivity contribution < 1.29 is 10.2 Å². The molecule has 0 saturated heterocycles. The van der Waals surface area contributed by atoms with Crippen LogP contribution in [0.15, 0.2) is 0 Å². The third kappa shape index (κ3) is 5.58. The van der Waals surface area contributed by atoms with Crippen LogP contribution in [0, 0.1) is 52.3 Å². The van der Waals surface area contributed by atoms with Crippen LogP contribution in [0.1, 0.15) is 113 Å². The molecule has 4 N–H and O–H groups in total. The molecule has 4 aliphatic rings. The third-order valence-electron chi connectivity index (χ3n) is 12.2. The fraction of sp³-hybridized carbons (Fsp3) is 1.00. The zero-order chi connectivity index (χ0) is 26.3. The highest BCUT2D eigenvalue weighted by atomic mass is 16.3. The van der Waals surface area contributed by atoms with E-state index in [0.717, 1.165) is 38.3 Å². The van der Waals surface area contributed by atoms with Crippen molar-refractivity contribution in [1.82, 2.24) is 10.6 Å². The molecule has 0 amide bonds. The van der Waals surface area contributed by atoms with Gasteiger partial charge in [-0.05, 0) is 116 Å². The fourth-order valence-corrected chi connectivity index (χ4v) is 9.99. The Bertz CT molecular complexity index is 712. The second-order valence-electron chi connectivity index (χ2n) is 14.9. The molecule has 0 bridgehead atoms. The lowest BCUT2D eigenvalue weighted by molar-refractivity contribution is -0.167. The fourth-order valence-electron chi connectivity index (χ4n) is 9.99. The van der Waals surface area contributed by atoms with Crippen LogP contribution < -0.4 is 10.6 Å². The van der Waals surface area contributed by atoms with Gasteiger partial charge in [0.25, 0.3) is 0 Å². The monoisotopic (exact) mass is 504 g/mol. The molecule has 0 aliphatic heterocycles. The molecule has 11 atom stereocenters. The van der Waals surface area contributed by atoms with Crippen LogP contribution in [0.3, 0.4) is 0 Å². The zero-order valence-electron chi connectivity index (χ0n) is 24.7. The lowest BCUT2D eigenvalue weighted by Gasteiger charge is -2.62. The summed E-state index contributed by atoms with van der Waals surface area (Å²) in [6, 6.07) is 1.17. The number of rotatable bonds is 10. The Morgan fingerprint density at radius 3 is 2.22 bits per heavy atom. The summed E-state index contributed by atoms with van der Waals surface area (Å²) in [5.74, 6) is 4.32. The van der Waals surface area contributed by atoms with E-state index in [4.69, 9.17) is 0 Å². The highest BCUT2D eigenvalue weighted by Crippen LogP contribution is 2.68. The van der Waals surface area contributed by atoms with Gasteiger partial charge in [0.15, 0.2) is 0 Å². The molecule has 0 heterocycles. The average Bonchev–Trinajstić information content (AvgIpc) is 3.17. The van der Waals surface area contributed by atoms with Gasteiger partial charge in [0.2, 0.25) is 0 Å². The highest BCUT2D eigenvalue weighted by molar-refractivity contribution is 5.12. The first-order chi connectivity index (χ1) is 17.0. The predicted molar refractivity (Wildman–Crippen MR) is 151 cm³/mol. The maximum absolute atomic E-state index is 11.7. The van der Waals surface area contributed by atoms with Crippen molar-refractivity contribution in [2.45, 2.75) is 137 Å². The zero-order valence-corrected chi connectivity index (χ0v) is 24.7. The molecule has 4 saturated carbocycles. The number of hydrogen-bond acceptors (Lipinski definition) is 4. The summed E-state index contributed by atoms with van der Waals surface area (Å²) < 4.78 is 0. The second-order valence-corrected chi connectivity index (χ2v) is 14.9. The highest BCUT2D eigenvalue weighted by Gasteiger charge is 2.62. The standard InChI is InChI=1S/C32H60N2O2/c1-20(2)28(35)11-8-22(5)25-9-10-26-30-27(13-15-32(25,26)7)31(6)14-12-24(18-23(31)19-29(30)36)34-17-16-33-21(3)4/h20-30,33-36H,8-19H2,1-7H3/t22-,23-,24?,25?,26?,27?,28-,29-,30?,31?,32-/m1/s1. The Morgan fingerprint density at radius 2 is 1.53 bits per heavy atom. The summed E-state index contributed by atoms with van der Waals surface area (Å²) >= 11 is 0. The quantitative estimate of drug-likeness (QED) is 0.275. The topological polar surface area (TPSA) is 64.5 Å². The molecular weight excluding hydrogens is 444 g/mol. The first kappa shape index (κ1) is 28.8. The van der Waals surface area contributed by atoms with Gasteiger partial charge in [-0.1, -0.05) is 48.5 Å². The van der Waals surface area contributed by atoms with Gasteiger partial charge in [-0.2, -0.15) is 0 Å². The summed E-state index contributed by atoms with van der Waals surface area (Å²) in [5, 5.41) is 29.5. The van der Waals surface area contributed by atoms with Crippen molar-refractivity contribution in [1.29, 1.82) is 0 Å². The lowest BCUT2D eigenvalue weighted by Crippen LogP contribution is -2.59. The van der Waals surface area contributed by atoms with Crippen LogP contribution in [0.25, 0.3) is 0 Å². The van der Waals surface area contributed by atoms with Crippen molar-refractivity contribution >= 4 is 0 Å². The van der Waals surface area contributed by atoms with Gasteiger partial charge in [-0.3, -0.25) is 0 Å². The number of aliphatic hydroxyl groups excluding tert-OH is 2. The van der Waals surface area contributed by atoms with E-state index in [9.17, 15) is 10.2 Å². The molecule has 4 aliphatic carbocycles. The van der Waals surface area contributed by atoms with Gasteiger partial charge in [-0.25, -0.2) is 0 Å². The number of aliphatic hydroxyl groups is 2. The smallest absolute Gasteiger partial charge is 0.0577 e. The third-order valence-corrected chi connectivity index (χ3v) is 12.2. The SMILES string of the molecule is CC(C)NCCNC1CCC2(C)C3CC[C@@]4(C)C(CCC4[C@H](C)CC[C@@H](O)C(C)C)C3[C@H](O)C[C@H]2C1. The molecule has 36 heavy (non-hydrogen) atoms. The number of hydrogen-bond donors (Lipinski definition) is 4. The maximum Gasteiger partial charge on any atom is 0.0577 e. The molecule has 4 heteroatoms. The van der Waals surface area contributed by atoms with Gasteiger partial charge in [0, 0.05) is 25.2 Å². The first-order valence-electron chi connectivity index (χ1n) is 15.8. The molecule has 4 nitrogen and oxygen atoms in total. The van der Waals surface area contributed by atoms with Gasteiger partial charge < -0.3 is 20.8 Å². The van der Waals surface area contributed by atoms with Gasteiger partial charge in [0.1, 0.15) is 0 Å². The molecule has 0 aromatic carbocycles. The predicted octanol–water partition coefficient (Wildman–Crippen LogP) is 6.01. The number of fused-ring (bicyclic) bond motifs is 5. The molecular formula is C32H60N2O2. The normalized spacial score (nSPS) is 44.2. The van der Waals surface area contributed by atoms with Crippen molar-refractivity contribution in [3.05, 3.63) is 0 Å². The average molecular weight is 505 g/mol. The van der Waals surface area contributed by atoms with E-state index < -0.39 is 0 Å². The minimum atomic E-state index is -0.165. The van der Waals surface area contributed by atoms with Crippen LogP contribution in [0.4, 0.5) is 0 Å². The minimum Gasteiger partial charge on any atom is -0.393 e. The van der Waals surface area contributed by atoms with Crippen molar-refractivity contribution in [3.8, 4) is 0 Å². The van der Waals surface area contributed by atoms with E-state index in [0.29, 0.717) is 58.4 Å². The summed E-state index contributed by atoms with van der Waals surface area (Å²) in [6.45, 7) is 18.4. The van der Waals surface area contributed by atoms with E-state index in [1.54, 1.807) is 0 Å². The Labute approximate surface area is 223 Å². The van der Waals surface area contributed by atoms with Gasteiger partial charge in [0.05, 0.1) is 12.2 Å².